The van der Waals surface area contributed by atoms with E-state index >= 15 is 0 Å². The first-order valence-corrected chi connectivity index (χ1v) is 8.40. The maximum atomic E-state index is 11.5. The lowest BCUT2D eigenvalue weighted by atomic mass is 9.96. The standard InChI is InChI=1S/C17H18O3S/c1-21(20)16(17(18)19)12-11-14-9-5-6-10-15(14)13-7-3-2-4-8-13/h2-10,16H,11-12H2,1H3,(H,18,19). The Morgan fingerprint density at radius 2 is 1.71 bits per heavy atom. The Bertz CT molecular complexity index is 623. The highest BCUT2D eigenvalue weighted by Gasteiger charge is 2.21. The first-order chi connectivity index (χ1) is 10.1. The second-order valence-corrected chi connectivity index (χ2v) is 6.45. The largest absolute Gasteiger partial charge is 0.480 e. The van der Waals surface area contributed by atoms with Gasteiger partial charge in [0.15, 0.2) is 0 Å². The summed E-state index contributed by atoms with van der Waals surface area (Å²) in [7, 11) is -1.36. The van der Waals surface area contributed by atoms with E-state index < -0.39 is 22.0 Å². The van der Waals surface area contributed by atoms with Crippen molar-refractivity contribution in [3.8, 4) is 11.1 Å². The zero-order chi connectivity index (χ0) is 15.2. The number of rotatable bonds is 6. The minimum Gasteiger partial charge on any atom is -0.480 e. The van der Waals surface area contributed by atoms with E-state index in [0.717, 1.165) is 16.7 Å². The third kappa shape index (κ3) is 4.02. The number of aryl methyl sites for hydroxylation is 1. The van der Waals surface area contributed by atoms with Gasteiger partial charge in [-0.25, -0.2) is 0 Å². The number of benzene rings is 2. The molecule has 0 heterocycles. The normalized spacial score (nSPS) is 13.6. The Hall–Kier alpha value is -1.94. The molecule has 0 aliphatic carbocycles. The second kappa shape index (κ2) is 7.18. The summed E-state index contributed by atoms with van der Waals surface area (Å²) < 4.78 is 11.5. The molecule has 0 saturated heterocycles. The number of carbonyl (C=O) groups is 1. The predicted molar refractivity (Wildman–Crippen MR) is 85.7 cm³/mol. The van der Waals surface area contributed by atoms with E-state index in [1.54, 1.807) is 0 Å². The van der Waals surface area contributed by atoms with Gasteiger partial charge in [-0.1, -0.05) is 54.6 Å². The SMILES string of the molecule is CS(=O)C(CCc1ccccc1-c1ccccc1)C(=O)O. The van der Waals surface area contributed by atoms with Crippen LogP contribution in [0.4, 0.5) is 0 Å². The molecule has 2 aromatic rings. The Morgan fingerprint density at radius 1 is 1.10 bits per heavy atom. The van der Waals surface area contributed by atoms with E-state index in [4.69, 9.17) is 5.11 Å². The van der Waals surface area contributed by atoms with E-state index in [0.29, 0.717) is 12.8 Å². The summed E-state index contributed by atoms with van der Waals surface area (Å²) in [5.41, 5.74) is 3.29. The Kier molecular flexibility index (Phi) is 5.28. The van der Waals surface area contributed by atoms with Crippen LogP contribution in [0.1, 0.15) is 12.0 Å². The number of aliphatic carboxylic acids is 1. The highest BCUT2D eigenvalue weighted by molar-refractivity contribution is 7.85. The molecule has 0 bridgehead atoms. The van der Waals surface area contributed by atoms with Crippen molar-refractivity contribution in [3.05, 3.63) is 60.2 Å². The van der Waals surface area contributed by atoms with Gasteiger partial charge in [-0.15, -0.1) is 0 Å². The lowest BCUT2D eigenvalue weighted by Crippen LogP contribution is -2.25. The van der Waals surface area contributed by atoms with Crippen molar-refractivity contribution in [2.45, 2.75) is 18.1 Å². The molecule has 0 fully saturated rings. The lowest BCUT2D eigenvalue weighted by molar-refractivity contribution is -0.136. The molecular formula is C17H18O3S. The second-order valence-electron chi connectivity index (χ2n) is 4.89. The molecule has 0 spiro atoms. The number of hydrogen-bond donors (Lipinski definition) is 1. The van der Waals surface area contributed by atoms with Crippen LogP contribution in [0.5, 0.6) is 0 Å². The highest BCUT2D eigenvalue weighted by Crippen LogP contribution is 2.25. The molecule has 2 unspecified atom stereocenters. The van der Waals surface area contributed by atoms with Crippen LogP contribution in [0.25, 0.3) is 11.1 Å². The van der Waals surface area contributed by atoms with Crippen molar-refractivity contribution in [2.75, 3.05) is 6.26 Å². The topological polar surface area (TPSA) is 54.4 Å². The van der Waals surface area contributed by atoms with Gasteiger partial charge in [0.25, 0.3) is 0 Å². The Balaban J connectivity index is 2.22. The average Bonchev–Trinajstić information content (AvgIpc) is 2.48. The van der Waals surface area contributed by atoms with E-state index in [1.165, 1.54) is 6.26 Å². The van der Waals surface area contributed by atoms with Crippen molar-refractivity contribution in [1.29, 1.82) is 0 Å². The van der Waals surface area contributed by atoms with Crippen LogP contribution in [0.15, 0.2) is 54.6 Å². The van der Waals surface area contributed by atoms with E-state index in [-0.39, 0.29) is 0 Å². The van der Waals surface area contributed by atoms with Gasteiger partial charge in [-0.3, -0.25) is 9.00 Å². The first-order valence-electron chi connectivity index (χ1n) is 6.78. The summed E-state index contributed by atoms with van der Waals surface area (Å²) in [6, 6.07) is 17.9. The summed E-state index contributed by atoms with van der Waals surface area (Å²) in [5, 5.41) is 8.30. The Labute approximate surface area is 127 Å². The molecule has 4 heteroatoms. The van der Waals surface area contributed by atoms with E-state index in [2.05, 4.69) is 0 Å². The van der Waals surface area contributed by atoms with E-state index in [9.17, 15) is 9.00 Å². The van der Waals surface area contributed by atoms with Crippen molar-refractivity contribution >= 4 is 16.8 Å². The fourth-order valence-corrected chi connectivity index (χ4v) is 3.09. The van der Waals surface area contributed by atoms with Gasteiger partial charge in [-0.2, -0.15) is 0 Å². The third-order valence-corrected chi connectivity index (χ3v) is 4.69. The maximum Gasteiger partial charge on any atom is 0.319 e. The molecule has 21 heavy (non-hydrogen) atoms. The number of carboxylic acid groups (broad SMARTS) is 1. The van der Waals surface area contributed by atoms with Crippen molar-refractivity contribution in [3.63, 3.8) is 0 Å². The van der Waals surface area contributed by atoms with Gasteiger partial charge in [0.2, 0.25) is 0 Å². The molecule has 0 aromatic heterocycles. The number of hydrogen-bond acceptors (Lipinski definition) is 2. The fourth-order valence-electron chi connectivity index (χ4n) is 2.36. The van der Waals surface area contributed by atoms with Gasteiger partial charge in [0.05, 0.1) is 0 Å². The summed E-state index contributed by atoms with van der Waals surface area (Å²) >= 11 is 0. The molecule has 0 radical (unpaired) electrons. The molecule has 0 aliphatic heterocycles. The van der Waals surface area contributed by atoms with Crippen LogP contribution in [0.3, 0.4) is 0 Å². The van der Waals surface area contributed by atoms with Crippen LogP contribution < -0.4 is 0 Å². The van der Waals surface area contributed by atoms with Crippen LogP contribution >= 0.6 is 0 Å². The molecule has 110 valence electrons. The van der Waals surface area contributed by atoms with Crippen molar-refractivity contribution in [2.24, 2.45) is 0 Å². The van der Waals surface area contributed by atoms with E-state index in [1.807, 2.05) is 54.6 Å². The van der Waals surface area contributed by atoms with Crippen LogP contribution in [-0.2, 0) is 22.0 Å². The molecular weight excluding hydrogens is 284 g/mol. The van der Waals surface area contributed by atoms with Gasteiger partial charge in [0.1, 0.15) is 5.25 Å². The summed E-state index contributed by atoms with van der Waals surface area (Å²) in [6.07, 6.45) is 2.42. The van der Waals surface area contributed by atoms with Gasteiger partial charge in [0, 0.05) is 17.1 Å². The van der Waals surface area contributed by atoms with Gasteiger partial charge in [-0.05, 0) is 29.5 Å². The zero-order valence-electron chi connectivity index (χ0n) is 11.9. The fraction of sp³-hybridized carbons (Fsp3) is 0.235. The molecule has 2 aromatic carbocycles. The van der Waals surface area contributed by atoms with Crippen molar-refractivity contribution in [1.82, 2.24) is 0 Å². The highest BCUT2D eigenvalue weighted by atomic mass is 32.2. The molecule has 3 nitrogen and oxygen atoms in total. The lowest BCUT2D eigenvalue weighted by Gasteiger charge is -2.12. The maximum absolute atomic E-state index is 11.5. The minimum atomic E-state index is -1.36. The smallest absolute Gasteiger partial charge is 0.319 e. The molecule has 0 saturated carbocycles. The number of carboxylic acids is 1. The molecule has 2 atom stereocenters. The average molecular weight is 302 g/mol. The molecule has 1 N–H and O–H groups in total. The van der Waals surface area contributed by atoms with Gasteiger partial charge >= 0.3 is 5.97 Å². The minimum absolute atomic E-state index is 0.377. The predicted octanol–water partition coefficient (Wildman–Crippen LogP) is 3.12. The summed E-state index contributed by atoms with van der Waals surface area (Å²) in [4.78, 5) is 11.1. The summed E-state index contributed by atoms with van der Waals surface area (Å²) in [6.45, 7) is 0. The van der Waals surface area contributed by atoms with Crippen LogP contribution in [0.2, 0.25) is 0 Å². The third-order valence-electron chi connectivity index (χ3n) is 3.45. The first kappa shape index (κ1) is 15.4. The monoisotopic (exact) mass is 302 g/mol. The molecule has 0 aliphatic rings. The summed E-state index contributed by atoms with van der Waals surface area (Å²) in [5.74, 6) is -0.993. The molecule has 2 rings (SSSR count). The van der Waals surface area contributed by atoms with Crippen molar-refractivity contribution < 1.29 is 14.1 Å². The zero-order valence-corrected chi connectivity index (χ0v) is 12.7. The van der Waals surface area contributed by atoms with Crippen LogP contribution in [0, 0.1) is 0 Å². The van der Waals surface area contributed by atoms with Gasteiger partial charge < -0.3 is 5.11 Å². The molecule has 0 amide bonds. The van der Waals surface area contributed by atoms with Crippen LogP contribution in [-0.4, -0.2) is 26.8 Å². The quantitative estimate of drug-likeness (QED) is 0.892. The Morgan fingerprint density at radius 3 is 2.33 bits per heavy atom.